The van der Waals surface area contributed by atoms with Crippen LogP contribution in [0.25, 0.3) is 0 Å². The number of hydrogen-bond donors (Lipinski definition) is 2. The van der Waals surface area contributed by atoms with Gasteiger partial charge < -0.3 is 16.0 Å². The summed E-state index contributed by atoms with van der Waals surface area (Å²) in [6.45, 7) is 7.99. The van der Waals surface area contributed by atoms with Gasteiger partial charge in [0.25, 0.3) is 0 Å². The third-order valence-corrected chi connectivity index (χ3v) is 4.13. The number of aryl methyl sites for hydroxylation is 1. The molecule has 3 nitrogen and oxygen atoms in total. The number of anilines is 2. The smallest absolute Gasteiger partial charge is 0.0371 e. The molecule has 106 valence electrons. The van der Waals surface area contributed by atoms with E-state index < -0.39 is 0 Å². The van der Waals surface area contributed by atoms with E-state index in [0.29, 0.717) is 0 Å². The molecule has 1 unspecified atom stereocenters. The van der Waals surface area contributed by atoms with Crippen molar-refractivity contribution in [2.75, 3.05) is 30.7 Å². The molecule has 0 aliphatic carbocycles. The molecule has 1 fully saturated rings. The highest BCUT2D eigenvalue weighted by Gasteiger charge is 2.16. The summed E-state index contributed by atoms with van der Waals surface area (Å²) in [6, 6.07) is 6.83. The molecule has 1 aromatic rings. The number of nitrogens with two attached hydrogens (primary N) is 1. The van der Waals surface area contributed by atoms with Gasteiger partial charge in [0, 0.05) is 30.5 Å². The molecule has 0 amide bonds. The highest BCUT2D eigenvalue weighted by atomic mass is 15.2. The molecule has 1 aliphatic rings. The summed E-state index contributed by atoms with van der Waals surface area (Å²) in [6.07, 6.45) is 5.34. The zero-order valence-corrected chi connectivity index (χ0v) is 12.3. The minimum Gasteiger partial charge on any atom is -0.399 e. The Bertz CT molecular complexity index is 403. The van der Waals surface area contributed by atoms with Crippen LogP contribution in [0.4, 0.5) is 11.4 Å². The van der Waals surface area contributed by atoms with E-state index in [0.717, 1.165) is 18.3 Å². The summed E-state index contributed by atoms with van der Waals surface area (Å²) in [4.78, 5) is 2.63. The molecular weight excluding hydrogens is 234 g/mol. The Morgan fingerprint density at radius 2 is 2.21 bits per heavy atom. The van der Waals surface area contributed by atoms with Gasteiger partial charge in [-0.1, -0.05) is 6.42 Å². The summed E-state index contributed by atoms with van der Waals surface area (Å²) >= 11 is 0. The normalized spacial score (nSPS) is 20.4. The SMILES string of the molecule is Cc1cc(N)ccc1NCCCN1CCCCC1C. The summed E-state index contributed by atoms with van der Waals surface area (Å²) in [7, 11) is 0. The maximum atomic E-state index is 5.76. The molecule has 0 aromatic heterocycles. The maximum Gasteiger partial charge on any atom is 0.0371 e. The Morgan fingerprint density at radius 3 is 2.95 bits per heavy atom. The van der Waals surface area contributed by atoms with Gasteiger partial charge in [0.1, 0.15) is 0 Å². The van der Waals surface area contributed by atoms with Gasteiger partial charge in [-0.15, -0.1) is 0 Å². The lowest BCUT2D eigenvalue weighted by Gasteiger charge is -2.33. The Balaban J connectivity index is 1.71. The lowest BCUT2D eigenvalue weighted by atomic mass is 10.0. The fourth-order valence-electron chi connectivity index (χ4n) is 2.88. The molecule has 0 spiro atoms. The fourth-order valence-corrected chi connectivity index (χ4v) is 2.88. The number of nitrogens with zero attached hydrogens (tertiary/aromatic N) is 1. The van der Waals surface area contributed by atoms with Crippen LogP contribution in [-0.2, 0) is 0 Å². The van der Waals surface area contributed by atoms with Gasteiger partial charge in [0.2, 0.25) is 0 Å². The number of hydrogen-bond acceptors (Lipinski definition) is 3. The second-order valence-corrected chi connectivity index (χ2v) is 5.74. The molecule has 0 bridgehead atoms. The summed E-state index contributed by atoms with van der Waals surface area (Å²) in [5.74, 6) is 0. The Morgan fingerprint density at radius 1 is 1.37 bits per heavy atom. The van der Waals surface area contributed by atoms with E-state index in [2.05, 4.69) is 30.1 Å². The van der Waals surface area contributed by atoms with Crippen molar-refractivity contribution in [3.8, 4) is 0 Å². The van der Waals surface area contributed by atoms with Gasteiger partial charge >= 0.3 is 0 Å². The van der Waals surface area contributed by atoms with Crippen LogP contribution in [0.1, 0.15) is 38.2 Å². The average Bonchev–Trinajstić information content (AvgIpc) is 2.38. The quantitative estimate of drug-likeness (QED) is 0.631. The summed E-state index contributed by atoms with van der Waals surface area (Å²) in [5, 5.41) is 3.51. The molecule has 3 heteroatoms. The van der Waals surface area contributed by atoms with Gasteiger partial charge in [-0.3, -0.25) is 0 Å². The molecule has 1 heterocycles. The second kappa shape index (κ2) is 6.80. The molecule has 0 radical (unpaired) electrons. The molecule has 1 aliphatic heterocycles. The fraction of sp³-hybridized carbons (Fsp3) is 0.625. The van der Waals surface area contributed by atoms with Crippen molar-refractivity contribution < 1.29 is 0 Å². The number of benzene rings is 1. The molecule has 2 rings (SSSR count). The number of nitrogen functional groups attached to an aromatic ring is 1. The number of rotatable bonds is 5. The highest BCUT2D eigenvalue weighted by Crippen LogP contribution is 2.18. The predicted octanol–water partition coefficient (Wildman–Crippen LogP) is 3.25. The van der Waals surface area contributed by atoms with Crippen LogP contribution in [0.5, 0.6) is 0 Å². The molecule has 3 N–H and O–H groups in total. The van der Waals surface area contributed by atoms with Crippen molar-refractivity contribution in [3.63, 3.8) is 0 Å². The van der Waals surface area contributed by atoms with E-state index in [1.54, 1.807) is 0 Å². The van der Waals surface area contributed by atoms with Crippen LogP contribution in [0.3, 0.4) is 0 Å². The minimum atomic E-state index is 0.770. The van der Waals surface area contributed by atoms with Gasteiger partial charge in [-0.2, -0.15) is 0 Å². The first-order chi connectivity index (χ1) is 9.16. The van der Waals surface area contributed by atoms with Gasteiger partial charge in [0.15, 0.2) is 0 Å². The average molecular weight is 261 g/mol. The van der Waals surface area contributed by atoms with Crippen LogP contribution < -0.4 is 11.1 Å². The summed E-state index contributed by atoms with van der Waals surface area (Å²) < 4.78 is 0. The van der Waals surface area contributed by atoms with Crippen molar-refractivity contribution >= 4 is 11.4 Å². The first kappa shape index (κ1) is 14.2. The minimum absolute atomic E-state index is 0.770. The molecule has 1 saturated heterocycles. The van der Waals surface area contributed by atoms with Crippen LogP contribution >= 0.6 is 0 Å². The van der Waals surface area contributed by atoms with Gasteiger partial charge in [-0.05, 0) is 63.4 Å². The summed E-state index contributed by atoms with van der Waals surface area (Å²) in [5.41, 5.74) is 9.04. The van der Waals surface area contributed by atoms with Crippen LogP contribution in [-0.4, -0.2) is 30.6 Å². The zero-order chi connectivity index (χ0) is 13.7. The van der Waals surface area contributed by atoms with E-state index in [4.69, 9.17) is 5.73 Å². The predicted molar refractivity (Wildman–Crippen MR) is 83.6 cm³/mol. The Hall–Kier alpha value is -1.22. The lowest BCUT2D eigenvalue weighted by molar-refractivity contribution is 0.160. The maximum absolute atomic E-state index is 5.76. The van der Waals surface area contributed by atoms with Crippen LogP contribution in [0.15, 0.2) is 18.2 Å². The van der Waals surface area contributed by atoms with Crippen molar-refractivity contribution in [3.05, 3.63) is 23.8 Å². The standard InChI is InChI=1S/C16H27N3/c1-13-12-15(17)7-8-16(13)18-9-5-11-19-10-4-3-6-14(19)2/h7-8,12,14,18H,3-6,9-11,17H2,1-2H3. The van der Waals surface area contributed by atoms with Gasteiger partial charge in [-0.25, -0.2) is 0 Å². The molecule has 19 heavy (non-hydrogen) atoms. The van der Waals surface area contributed by atoms with E-state index in [9.17, 15) is 0 Å². The lowest BCUT2D eigenvalue weighted by Crippen LogP contribution is -2.38. The zero-order valence-electron chi connectivity index (χ0n) is 12.3. The second-order valence-electron chi connectivity index (χ2n) is 5.74. The van der Waals surface area contributed by atoms with Gasteiger partial charge in [0.05, 0.1) is 0 Å². The number of likely N-dealkylation sites (tertiary alicyclic amines) is 1. The topological polar surface area (TPSA) is 41.3 Å². The molecule has 0 saturated carbocycles. The van der Waals surface area contributed by atoms with Crippen molar-refractivity contribution in [1.82, 2.24) is 4.90 Å². The van der Waals surface area contributed by atoms with E-state index in [1.807, 2.05) is 12.1 Å². The first-order valence-corrected chi connectivity index (χ1v) is 7.51. The monoisotopic (exact) mass is 261 g/mol. The Kier molecular flexibility index (Phi) is 5.08. The first-order valence-electron chi connectivity index (χ1n) is 7.51. The number of nitrogens with one attached hydrogen (secondary N) is 1. The molecule has 1 atom stereocenters. The molecular formula is C16H27N3. The van der Waals surface area contributed by atoms with Crippen molar-refractivity contribution in [2.45, 2.75) is 45.6 Å². The van der Waals surface area contributed by atoms with E-state index in [1.165, 1.54) is 50.0 Å². The largest absolute Gasteiger partial charge is 0.399 e. The highest BCUT2D eigenvalue weighted by molar-refractivity contribution is 5.57. The third kappa shape index (κ3) is 4.13. The van der Waals surface area contributed by atoms with Crippen molar-refractivity contribution in [2.24, 2.45) is 0 Å². The van der Waals surface area contributed by atoms with Crippen LogP contribution in [0, 0.1) is 6.92 Å². The number of piperidine rings is 1. The third-order valence-electron chi connectivity index (χ3n) is 4.13. The van der Waals surface area contributed by atoms with E-state index >= 15 is 0 Å². The van der Waals surface area contributed by atoms with Crippen molar-refractivity contribution in [1.29, 1.82) is 0 Å². The van der Waals surface area contributed by atoms with Crippen LogP contribution in [0.2, 0.25) is 0 Å². The Labute approximate surface area is 117 Å². The van der Waals surface area contributed by atoms with E-state index in [-0.39, 0.29) is 0 Å². The molecule has 1 aromatic carbocycles.